The van der Waals surface area contributed by atoms with Crippen LogP contribution in [0.1, 0.15) is 78.4 Å². The first-order valence-corrected chi connectivity index (χ1v) is 16.9. The summed E-state index contributed by atoms with van der Waals surface area (Å²) in [5.74, 6) is -3.49. The summed E-state index contributed by atoms with van der Waals surface area (Å²) >= 11 is 0. The molecule has 2 aliphatic carbocycles. The Morgan fingerprint density at radius 1 is 1.13 bits per heavy atom. The van der Waals surface area contributed by atoms with E-state index in [1.807, 2.05) is 0 Å². The molecule has 3 aliphatic rings. The number of β-amino-alcohol motifs (C(OH)–C–C–N with tert-alkyl or cyclic N) is 1. The summed E-state index contributed by atoms with van der Waals surface area (Å²) in [5.41, 5.74) is -4.66. The van der Waals surface area contributed by atoms with Crippen LogP contribution in [0.2, 0.25) is 0 Å². The monoisotopic (exact) mass is 664 g/mol. The largest absolute Gasteiger partial charge is 0.444 e. The minimum atomic E-state index is -3.93. The van der Waals surface area contributed by atoms with Crippen LogP contribution in [-0.2, 0) is 34.7 Å². The van der Waals surface area contributed by atoms with Gasteiger partial charge in [-0.05, 0) is 69.6 Å². The predicted octanol–water partition coefficient (Wildman–Crippen LogP) is 2.53. The molecule has 3 fully saturated rings. The van der Waals surface area contributed by atoms with Crippen LogP contribution in [0.3, 0.4) is 0 Å². The Morgan fingerprint density at radius 2 is 1.76 bits per heavy atom. The molecule has 4 amide bonds. The standard InChI is InChI=1S/C32H45FN4O8S/c1-9-19-15-32(19,27(40)36-46(43,44)21-11-12-21)35-25(38)23-16-31(42,20-10-13-22(33)18(2)14-20)17-37(23)26(39)24(29(3,4)5)34-28(41)45-30(6,7)8/h9-10,13-14,19,21,23-24,42H,1,11-12,15-17H2,2-8H3,(H,34,41)(H,35,38)(H,36,40)/t19-,23+,24-,31+,32-/m1/s1. The molecule has 0 bridgehead atoms. The normalized spacial score (nSPS) is 26.9. The number of alkyl carbamates (subject to hydrolysis) is 1. The molecule has 0 aromatic heterocycles. The highest BCUT2D eigenvalue weighted by Crippen LogP contribution is 2.46. The van der Waals surface area contributed by atoms with E-state index in [2.05, 4.69) is 21.9 Å². The third-order valence-corrected chi connectivity index (χ3v) is 10.5. The molecule has 5 atom stereocenters. The van der Waals surface area contributed by atoms with Crippen LogP contribution < -0.4 is 15.4 Å². The Morgan fingerprint density at radius 3 is 2.26 bits per heavy atom. The summed E-state index contributed by atoms with van der Waals surface area (Å²) in [7, 11) is -3.93. The summed E-state index contributed by atoms with van der Waals surface area (Å²) in [6, 6.07) is 1.42. The molecule has 4 rings (SSSR count). The molecule has 4 N–H and O–H groups in total. The number of amides is 4. The van der Waals surface area contributed by atoms with Crippen molar-refractivity contribution in [3.8, 4) is 0 Å². The molecule has 2 saturated carbocycles. The lowest BCUT2D eigenvalue weighted by molar-refractivity contribution is -0.143. The number of aryl methyl sites for hydroxylation is 1. The van der Waals surface area contributed by atoms with Crippen LogP contribution in [0, 0.1) is 24.1 Å². The van der Waals surface area contributed by atoms with E-state index in [0.717, 1.165) is 4.90 Å². The number of carbonyl (C=O) groups excluding carboxylic acids is 4. The molecule has 1 aromatic carbocycles. The van der Waals surface area contributed by atoms with Crippen molar-refractivity contribution in [1.29, 1.82) is 0 Å². The van der Waals surface area contributed by atoms with Crippen LogP contribution >= 0.6 is 0 Å². The number of rotatable bonds is 9. The lowest BCUT2D eigenvalue weighted by Crippen LogP contribution is -2.60. The van der Waals surface area contributed by atoms with Crippen molar-refractivity contribution >= 4 is 33.8 Å². The maximum Gasteiger partial charge on any atom is 0.408 e. The number of carbonyl (C=O) groups is 4. The third kappa shape index (κ3) is 7.38. The molecule has 1 heterocycles. The molecule has 0 radical (unpaired) electrons. The smallest absolute Gasteiger partial charge is 0.408 e. The van der Waals surface area contributed by atoms with Gasteiger partial charge in [-0.2, -0.15) is 0 Å². The number of hydrogen-bond acceptors (Lipinski definition) is 8. The topological polar surface area (TPSA) is 171 Å². The molecule has 1 saturated heterocycles. The summed E-state index contributed by atoms with van der Waals surface area (Å²) < 4.78 is 46.8. The van der Waals surface area contributed by atoms with Gasteiger partial charge in [0.05, 0.1) is 11.8 Å². The van der Waals surface area contributed by atoms with Gasteiger partial charge in [0, 0.05) is 12.3 Å². The zero-order valence-corrected chi connectivity index (χ0v) is 28.2. The zero-order valence-electron chi connectivity index (χ0n) is 27.4. The van der Waals surface area contributed by atoms with Crippen molar-refractivity contribution in [3.05, 3.63) is 47.8 Å². The van der Waals surface area contributed by atoms with E-state index in [9.17, 15) is 37.1 Å². The Hall–Kier alpha value is -3.52. The van der Waals surface area contributed by atoms with Crippen LogP contribution in [0.5, 0.6) is 0 Å². The number of benzene rings is 1. The van der Waals surface area contributed by atoms with Crippen molar-refractivity contribution in [2.24, 2.45) is 11.3 Å². The van der Waals surface area contributed by atoms with Crippen molar-refractivity contribution in [2.75, 3.05) is 6.54 Å². The molecule has 0 unspecified atom stereocenters. The second-order valence-corrected chi connectivity index (χ2v) is 16.8. The lowest BCUT2D eigenvalue weighted by Gasteiger charge is -2.36. The molecule has 0 spiro atoms. The fourth-order valence-corrected chi connectivity index (χ4v) is 7.12. The Labute approximate surface area is 269 Å². The quantitative estimate of drug-likeness (QED) is 0.292. The van der Waals surface area contributed by atoms with E-state index in [4.69, 9.17) is 4.74 Å². The number of nitrogens with one attached hydrogen (secondary N) is 3. The third-order valence-electron chi connectivity index (χ3n) is 8.64. The SMILES string of the molecule is C=C[C@@H]1C[C@]1(NC(=O)[C@@H]1C[C@@](O)(c2ccc(F)c(C)c2)CN1C(=O)[C@@H](NC(=O)OC(C)(C)C)C(C)(C)C)C(=O)NS(=O)(=O)C1CC1. The molecule has 1 aromatic rings. The van der Waals surface area contributed by atoms with Gasteiger partial charge in [-0.1, -0.05) is 39.0 Å². The number of nitrogens with zero attached hydrogens (tertiary/aromatic N) is 1. The minimum Gasteiger partial charge on any atom is -0.444 e. The minimum absolute atomic E-state index is 0.0845. The van der Waals surface area contributed by atoms with Gasteiger partial charge in [0.25, 0.3) is 5.91 Å². The maximum atomic E-state index is 14.3. The molecule has 254 valence electrons. The van der Waals surface area contributed by atoms with Crippen LogP contribution in [-0.4, -0.2) is 77.3 Å². The number of likely N-dealkylation sites (tertiary alicyclic amines) is 1. The fraction of sp³-hybridized carbons (Fsp3) is 0.625. The summed E-state index contributed by atoms with van der Waals surface area (Å²) in [5, 5.41) is 16.5. The average Bonchev–Trinajstić information content (AvgIpc) is 3.84. The average molecular weight is 665 g/mol. The summed E-state index contributed by atoms with van der Waals surface area (Å²) in [6.07, 6.45) is 1.21. The van der Waals surface area contributed by atoms with Gasteiger partial charge in [0.15, 0.2) is 0 Å². The van der Waals surface area contributed by atoms with Crippen molar-refractivity contribution in [2.45, 2.75) is 108 Å². The maximum absolute atomic E-state index is 14.3. The van der Waals surface area contributed by atoms with Crippen LogP contribution in [0.25, 0.3) is 0 Å². The summed E-state index contributed by atoms with van der Waals surface area (Å²) in [4.78, 5) is 55.6. The van der Waals surface area contributed by atoms with Gasteiger partial charge >= 0.3 is 6.09 Å². The van der Waals surface area contributed by atoms with Gasteiger partial charge < -0.3 is 25.4 Å². The van der Waals surface area contributed by atoms with Gasteiger partial charge in [0.1, 0.15) is 34.6 Å². The Kier molecular flexibility index (Phi) is 9.16. The first-order chi connectivity index (χ1) is 21.0. The molecule has 46 heavy (non-hydrogen) atoms. The number of sulfonamides is 1. The first-order valence-electron chi connectivity index (χ1n) is 15.3. The molecular weight excluding hydrogens is 619 g/mol. The van der Waals surface area contributed by atoms with Crippen molar-refractivity contribution in [3.63, 3.8) is 0 Å². The van der Waals surface area contributed by atoms with Crippen LogP contribution in [0.15, 0.2) is 30.9 Å². The highest BCUT2D eigenvalue weighted by Gasteiger charge is 2.62. The van der Waals surface area contributed by atoms with E-state index in [1.54, 1.807) is 41.5 Å². The van der Waals surface area contributed by atoms with Gasteiger partial charge in [-0.25, -0.2) is 17.6 Å². The number of halogens is 1. The second kappa shape index (κ2) is 11.9. The highest BCUT2D eigenvalue weighted by atomic mass is 32.2. The van der Waals surface area contributed by atoms with Crippen LogP contribution in [0.4, 0.5) is 9.18 Å². The van der Waals surface area contributed by atoms with Gasteiger partial charge in [-0.3, -0.25) is 19.1 Å². The molecule has 14 heteroatoms. The van der Waals surface area contributed by atoms with E-state index in [-0.39, 0.29) is 24.0 Å². The van der Waals surface area contributed by atoms with E-state index >= 15 is 0 Å². The fourth-order valence-electron chi connectivity index (χ4n) is 5.75. The molecule has 1 aliphatic heterocycles. The van der Waals surface area contributed by atoms with E-state index in [1.165, 1.54) is 31.2 Å². The lowest BCUT2D eigenvalue weighted by atomic mass is 9.85. The second-order valence-electron chi connectivity index (χ2n) is 14.8. The molecule has 12 nitrogen and oxygen atoms in total. The van der Waals surface area contributed by atoms with E-state index in [0.29, 0.717) is 12.8 Å². The number of hydrogen-bond donors (Lipinski definition) is 4. The molecular formula is C32H45FN4O8S. The predicted molar refractivity (Wildman–Crippen MR) is 167 cm³/mol. The van der Waals surface area contributed by atoms with Crippen molar-refractivity contribution < 1.29 is 41.8 Å². The van der Waals surface area contributed by atoms with Crippen molar-refractivity contribution in [1.82, 2.24) is 20.3 Å². The number of ether oxygens (including phenoxy) is 1. The van der Waals surface area contributed by atoms with Gasteiger partial charge in [0.2, 0.25) is 21.8 Å². The van der Waals surface area contributed by atoms with Gasteiger partial charge in [-0.15, -0.1) is 6.58 Å². The number of aliphatic hydroxyl groups is 1. The Bertz CT molecular complexity index is 1550. The summed E-state index contributed by atoms with van der Waals surface area (Å²) in [6.45, 7) is 15.0. The first kappa shape index (κ1) is 35.3. The van der Waals surface area contributed by atoms with E-state index < -0.39 is 91.6 Å². The zero-order chi connectivity index (χ0) is 34.6. The Balaban J connectivity index is 1.68. The highest BCUT2D eigenvalue weighted by molar-refractivity contribution is 7.91.